The van der Waals surface area contributed by atoms with E-state index in [0.29, 0.717) is 12.0 Å². The second-order valence-corrected chi connectivity index (χ2v) is 4.93. The SMILES string of the molecule is NCC1CCCC1OCCCc1ccccc1. The van der Waals surface area contributed by atoms with E-state index in [2.05, 4.69) is 30.3 Å². The normalized spacial score (nSPS) is 24.1. The summed E-state index contributed by atoms with van der Waals surface area (Å²) < 4.78 is 5.95. The van der Waals surface area contributed by atoms with Crippen LogP contribution in [0.5, 0.6) is 0 Å². The Hall–Kier alpha value is -0.860. The number of benzene rings is 1. The van der Waals surface area contributed by atoms with E-state index in [-0.39, 0.29) is 0 Å². The van der Waals surface area contributed by atoms with Crippen molar-refractivity contribution in [3.63, 3.8) is 0 Å². The molecule has 1 aliphatic rings. The first-order chi connectivity index (χ1) is 8.40. The first-order valence-corrected chi connectivity index (χ1v) is 6.75. The van der Waals surface area contributed by atoms with Gasteiger partial charge >= 0.3 is 0 Å². The van der Waals surface area contributed by atoms with Gasteiger partial charge in [0.25, 0.3) is 0 Å². The molecule has 94 valence electrons. The van der Waals surface area contributed by atoms with Crippen molar-refractivity contribution in [3.8, 4) is 0 Å². The quantitative estimate of drug-likeness (QED) is 0.767. The van der Waals surface area contributed by atoms with Gasteiger partial charge < -0.3 is 10.5 Å². The van der Waals surface area contributed by atoms with E-state index in [0.717, 1.165) is 26.0 Å². The van der Waals surface area contributed by atoms with Crippen LogP contribution in [0, 0.1) is 5.92 Å². The number of hydrogen-bond donors (Lipinski definition) is 1. The molecule has 1 fully saturated rings. The summed E-state index contributed by atoms with van der Waals surface area (Å²) in [5.41, 5.74) is 7.14. The summed E-state index contributed by atoms with van der Waals surface area (Å²) in [6.07, 6.45) is 6.38. The molecule has 0 aromatic heterocycles. The highest BCUT2D eigenvalue weighted by Gasteiger charge is 2.26. The average molecular weight is 233 g/mol. The Morgan fingerprint density at radius 2 is 2.00 bits per heavy atom. The Bertz CT molecular complexity index is 312. The Morgan fingerprint density at radius 1 is 1.18 bits per heavy atom. The van der Waals surface area contributed by atoms with Crippen LogP contribution >= 0.6 is 0 Å². The molecule has 0 saturated heterocycles. The van der Waals surface area contributed by atoms with Crippen LogP contribution in [0.4, 0.5) is 0 Å². The molecule has 0 radical (unpaired) electrons. The number of ether oxygens (including phenoxy) is 1. The first-order valence-electron chi connectivity index (χ1n) is 6.75. The van der Waals surface area contributed by atoms with Gasteiger partial charge in [-0.2, -0.15) is 0 Å². The third-order valence-electron chi connectivity index (χ3n) is 3.68. The minimum absolute atomic E-state index is 0.427. The lowest BCUT2D eigenvalue weighted by molar-refractivity contribution is 0.0289. The van der Waals surface area contributed by atoms with Crippen molar-refractivity contribution in [2.45, 2.75) is 38.2 Å². The van der Waals surface area contributed by atoms with E-state index in [9.17, 15) is 0 Å². The van der Waals surface area contributed by atoms with Gasteiger partial charge in [-0.15, -0.1) is 0 Å². The summed E-state index contributed by atoms with van der Waals surface area (Å²) in [6.45, 7) is 1.65. The zero-order valence-electron chi connectivity index (χ0n) is 10.5. The largest absolute Gasteiger partial charge is 0.378 e. The molecule has 2 heteroatoms. The van der Waals surface area contributed by atoms with Crippen LogP contribution in [-0.2, 0) is 11.2 Å². The van der Waals surface area contributed by atoms with Crippen LogP contribution in [-0.4, -0.2) is 19.3 Å². The van der Waals surface area contributed by atoms with Crippen LogP contribution in [0.25, 0.3) is 0 Å². The summed E-state index contributed by atoms with van der Waals surface area (Å²) >= 11 is 0. The highest BCUT2D eigenvalue weighted by atomic mass is 16.5. The van der Waals surface area contributed by atoms with Gasteiger partial charge in [-0.25, -0.2) is 0 Å². The van der Waals surface area contributed by atoms with Gasteiger partial charge in [0.2, 0.25) is 0 Å². The van der Waals surface area contributed by atoms with Gasteiger partial charge in [0.1, 0.15) is 0 Å². The molecule has 2 rings (SSSR count). The van der Waals surface area contributed by atoms with Crippen molar-refractivity contribution < 1.29 is 4.74 Å². The van der Waals surface area contributed by atoms with E-state index < -0.39 is 0 Å². The maximum Gasteiger partial charge on any atom is 0.0615 e. The summed E-state index contributed by atoms with van der Waals surface area (Å²) in [5.74, 6) is 0.603. The van der Waals surface area contributed by atoms with Crippen molar-refractivity contribution in [2.75, 3.05) is 13.2 Å². The molecule has 1 aliphatic carbocycles. The topological polar surface area (TPSA) is 35.2 Å². The van der Waals surface area contributed by atoms with Crippen LogP contribution in [0.1, 0.15) is 31.2 Å². The molecular weight excluding hydrogens is 210 g/mol. The van der Waals surface area contributed by atoms with Crippen molar-refractivity contribution in [3.05, 3.63) is 35.9 Å². The zero-order chi connectivity index (χ0) is 11.9. The Morgan fingerprint density at radius 3 is 2.76 bits per heavy atom. The van der Waals surface area contributed by atoms with E-state index in [1.54, 1.807) is 0 Å². The summed E-state index contributed by atoms with van der Waals surface area (Å²) in [4.78, 5) is 0. The highest BCUT2D eigenvalue weighted by molar-refractivity contribution is 5.14. The molecule has 2 atom stereocenters. The monoisotopic (exact) mass is 233 g/mol. The fourth-order valence-electron chi connectivity index (χ4n) is 2.65. The fraction of sp³-hybridized carbons (Fsp3) is 0.600. The van der Waals surface area contributed by atoms with Crippen LogP contribution < -0.4 is 5.73 Å². The molecule has 2 N–H and O–H groups in total. The maximum absolute atomic E-state index is 5.95. The van der Waals surface area contributed by atoms with Crippen LogP contribution in [0.15, 0.2) is 30.3 Å². The predicted molar refractivity (Wildman–Crippen MR) is 70.9 cm³/mol. The van der Waals surface area contributed by atoms with E-state index in [1.807, 2.05) is 0 Å². The van der Waals surface area contributed by atoms with Crippen molar-refractivity contribution >= 4 is 0 Å². The molecule has 0 spiro atoms. The van der Waals surface area contributed by atoms with Gasteiger partial charge in [-0.1, -0.05) is 36.8 Å². The lowest BCUT2D eigenvalue weighted by Crippen LogP contribution is -2.25. The van der Waals surface area contributed by atoms with Crippen molar-refractivity contribution in [1.29, 1.82) is 0 Å². The number of aryl methyl sites for hydroxylation is 1. The van der Waals surface area contributed by atoms with Crippen molar-refractivity contribution in [1.82, 2.24) is 0 Å². The molecular formula is C15H23NO. The van der Waals surface area contributed by atoms with Gasteiger partial charge in [-0.3, -0.25) is 0 Å². The van der Waals surface area contributed by atoms with Gasteiger partial charge in [0, 0.05) is 6.61 Å². The maximum atomic E-state index is 5.95. The van der Waals surface area contributed by atoms with E-state index in [4.69, 9.17) is 10.5 Å². The number of nitrogens with two attached hydrogens (primary N) is 1. The molecule has 0 amide bonds. The zero-order valence-corrected chi connectivity index (χ0v) is 10.5. The molecule has 1 aromatic rings. The second kappa shape index (κ2) is 6.77. The van der Waals surface area contributed by atoms with Gasteiger partial charge in [-0.05, 0) is 43.7 Å². The van der Waals surface area contributed by atoms with Crippen molar-refractivity contribution in [2.24, 2.45) is 11.7 Å². The number of hydrogen-bond acceptors (Lipinski definition) is 2. The predicted octanol–water partition coefficient (Wildman–Crippen LogP) is 2.76. The van der Waals surface area contributed by atoms with E-state index >= 15 is 0 Å². The van der Waals surface area contributed by atoms with Gasteiger partial charge in [0.15, 0.2) is 0 Å². The summed E-state index contributed by atoms with van der Waals surface area (Å²) in [6, 6.07) is 10.6. The summed E-state index contributed by atoms with van der Waals surface area (Å²) in [5, 5.41) is 0. The molecule has 0 bridgehead atoms. The minimum Gasteiger partial charge on any atom is -0.378 e. The molecule has 1 aromatic carbocycles. The highest BCUT2D eigenvalue weighted by Crippen LogP contribution is 2.27. The molecule has 17 heavy (non-hydrogen) atoms. The summed E-state index contributed by atoms with van der Waals surface area (Å²) in [7, 11) is 0. The molecule has 2 unspecified atom stereocenters. The van der Waals surface area contributed by atoms with E-state index in [1.165, 1.54) is 24.8 Å². The Balaban J connectivity index is 1.63. The third-order valence-corrected chi connectivity index (χ3v) is 3.68. The van der Waals surface area contributed by atoms with Gasteiger partial charge in [0.05, 0.1) is 6.10 Å². The average Bonchev–Trinajstić information content (AvgIpc) is 2.83. The standard InChI is InChI=1S/C15H23NO/c16-12-14-9-4-10-15(14)17-11-5-8-13-6-2-1-3-7-13/h1-3,6-7,14-15H,4-5,8-12,16H2. The Kier molecular flexibility index (Phi) is 5.02. The minimum atomic E-state index is 0.427. The third kappa shape index (κ3) is 3.83. The molecule has 0 aliphatic heterocycles. The number of rotatable bonds is 6. The molecule has 0 heterocycles. The second-order valence-electron chi connectivity index (χ2n) is 4.93. The fourth-order valence-corrected chi connectivity index (χ4v) is 2.65. The molecule has 2 nitrogen and oxygen atoms in total. The van der Waals surface area contributed by atoms with Crippen LogP contribution in [0.2, 0.25) is 0 Å². The van der Waals surface area contributed by atoms with Crippen LogP contribution in [0.3, 0.4) is 0 Å². The first kappa shape index (κ1) is 12.6. The molecule has 1 saturated carbocycles. The lowest BCUT2D eigenvalue weighted by atomic mass is 10.1. The Labute approximate surface area is 104 Å². The lowest BCUT2D eigenvalue weighted by Gasteiger charge is -2.18. The smallest absolute Gasteiger partial charge is 0.0615 e.